The maximum atomic E-state index is 3.68. The Hall–Kier alpha value is -0.0400. The van der Waals surface area contributed by atoms with Crippen LogP contribution in [0.25, 0.3) is 0 Å². The third-order valence-corrected chi connectivity index (χ3v) is 3.56. The Morgan fingerprint density at radius 3 is 2.38 bits per heavy atom. The molecule has 0 unspecified atom stereocenters. The van der Waals surface area contributed by atoms with Gasteiger partial charge >= 0.3 is 0 Å². The van der Waals surface area contributed by atoms with Crippen LogP contribution in [0.4, 0.5) is 0 Å². The molecule has 0 nitrogen and oxygen atoms in total. The van der Waals surface area contributed by atoms with Crippen molar-refractivity contribution < 1.29 is 0 Å². The van der Waals surface area contributed by atoms with Crippen LogP contribution in [0.2, 0.25) is 0 Å². The second-order valence-corrected chi connectivity index (χ2v) is 4.19. The van der Waals surface area contributed by atoms with Crippen molar-refractivity contribution in [1.82, 2.24) is 0 Å². The molecule has 0 radical (unpaired) electrons. The molecular formula is C7H12S. The van der Waals surface area contributed by atoms with Crippen LogP contribution in [0.3, 0.4) is 0 Å². The molecule has 1 fully saturated rings. The molecule has 0 saturated carbocycles. The zero-order valence-corrected chi connectivity index (χ0v) is 5.91. The predicted octanol–water partition coefficient (Wildman–Crippen LogP) is 2.04. The van der Waals surface area contributed by atoms with E-state index in [-0.39, 0.29) is 0 Å². The molecule has 0 aromatic rings. The van der Waals surface area contributed by atoms with E-state index in [9.17, 15) is 0 Å². The Kier molecular flexibility index (Phi) is 2.34. The highest BCUT2D eigenvalue weighted by Crippen LogP contribution is 2.23. The van der Waals surface area contributed by atoms with Gasteiger partial charge in [0.25, 0.3) is 0 Å². The van der Waals surface area contributed by atoms with E-state index >= 15 is 0 Å². The second-order valence-electron chi connectivity index (χ2n) is 2.02. The fourth-order valence-electron chi connectivity index (χ4n) is 0.949. The van der Waals surface area contributed by atoms with Crippen LogP contribution in [-0.4, -0.2) is 16.9 Å². The van der Waals surface area contributed by atoms with Gasteiger partial charge in [0.2, 0.25) is 0 Å². The Morgan fingerprint density at radius 1 is 1.25 bits per heavy atom. The van der Waals surface area contributed by atoms with E-state index in [1.807, 2.05) is 6.08 Å². The summed E-state index contributed by atoms with van der Waals surface area (Å²) in [5.74, 6) is 2.85. The minimum Gasteiger partial charge on any atom is -0.186 e. The SMILES string of the molecule is C=CC=S1CCCC1. The van der Waals surface area contributed by atoms with Crippen molar-refractivity contribution in [1.29, 1.82) is 0 Å². The maximum absolute atomic E-state index is 3.68. The van der Waals surface area contributed by atoms with Crippen LogP contribution in [-0.2, 0) is 0 Å². The van der Waals surface area contributed by atoms with Gasteiger partial charge in [0, 0.05) is 0 Å². The zero-order chi connectivity index (χ0) is 5.82. The van der Waals surface area contributed by atoms with Crippen molar-refractivity contribution in [2.75, 3.05) is 11.5 Å². The van der Waals surface area contributed by atoms with Crippen molar-refractivity contribution in [3.63, 3.8) is 0 Å². The van der Waals surface area contributed by atoms with Crippen LogP contribution in [0.5, 0.6) is 0 Å². The summed E-state index contributed by atoms with van der Waals surface area (Å²) in [5.41, 5.74) is 0. The van der Waals surface area contributed by atoms with Crippen molar-refractivity contribution in [2.45, 2.75) is 12.8 Å². The summed E-state index contributed by atoms with van der Waals surface area (Å²) in [7, 11) is 0.630. The van der Waals surface area contributed by atoms with E-state index in [4.69, 9.17) is 0 Å². The first-order chi connectivity index (χ1) is 3.93. The molecule has 1 heterocycles. The van der Waals surface area contributed by atoms with Gasteiger partial charge < -0.3 is 0 Å². The predicted molar refractivity (Wildman–Crippen MR) is 42.8 cm³/mol. The summed E-state index contributed by atoms with van der Waals surface area (Å²) in [6.07, 6.45) is 4.81. The molecule has 1 rings (SSSR count). The molecule has 1 aliphatic heterocycles. The maximum Gasteiger partial charge on any atom is -0.0117 e. The van der Waals surface area contributed by atoms with Crippen LogP contribution in [0.15, 0.2) is 12.7 Å². The molecular weight excluding hydrogens is 116 g/mol. The third-order valence-electron chi connectivity index (χ3n) is 1.35. The molecule has 8 heavy (non-hydrogen) atoms. The van der Waals surface area contributed by atoms with Gasteiger partial charge in [-0.3, -0.25) is 0 Å². The van der Waals surface area contributed by atoms with Crippen molar-refractivity contribution in [3.05, 3.63) is 12.7 Å². The fraction of sp³-hybridized carbons (Fsp3) is 0.571. The smallest absolute Gasteiger partial charge is 0.0117 e. The molecule has 0 aliphatic carbocycles. The van der Waals surface area contributed by atoms with E-state index in [1.165, 1.54) is 24.3 Å². The molecule has 0 aromatic heterocycles. The summed E-state index contributed by atoms with van der Waals surface area (Å²) in [5, 5.41) is 2.26. The summed E-state index contributed by atoms with van der Waals surface area (Å²) < 4.78 is 0. The molecule has 0 spiro atoms. The van der Waals surface area contributed by atoms with Gasteiger partial charge in [-0.1, -0.05) is 12.7 Å². The minimum absolute atomic E-state index is 0.630. The largest absolute Gasteiger partial charge is 0.186 e. The van der Waals surface area contributed by atoms with Gasteiger partial charge in [-0.15, -0.1) is 0 Å². The van der Waals surface area contributed by atoms with E-state index < -0.39 is 0 Å². The number of hydrogen-bond donors (Lipinski definition) is 0. The Labute approximate surface area is 53.5 Å². The standard InChI is InChI=1S/C7H12S/c1-2-5-8-6-3-4-7-8/h2,5H,1,3-4,6-7H2. The molecule has 0 aromatic carbocycles. The van der Waals surface area contributed by atoms with E-state index in [2.05, 4.69) is 11.9 Å². The first-order valence-electron chi connectivity index (χ1n) is 3.05. The molecule has 1 saturated heterocycles. The first-order valence-corrected chi connectivity index (χ1v) is 4.68. The zero-order valence-electron chi connectivity index (χ0n) is 5.10. The number of allylic oxidation sites excluding steroid dienone is 1. The first kappa shape index (κ1) is 6.09. The van der Waals surface area contributed by atoms with Crippen LogP contribution in [0, 0.1) is 0 Å². The Balaban J connectivity index is 2.44. The molecule has 0 amide bonds. The van der Waals surface area contributed by atoms with Crippen molar-refractivity contribution in [3.8, 4) is 0 Å². The van der Waals surface area contributed by atoms with E-state index in [0.29, 0.717) is 10.5 Å². The van der Waals surface area contributed by atoms with E-state index in [1.54, 1.807) is 0 Å². The lowest BCUT2D eigenvalue weighted by Gasteiger charge is -1.90. The lowest BCUT2D eigenvalue weighted by Crippen LogP contribution is -1.71. The summed E-state index contributed by atoms with van der Waals surface area (Å²) in [6.45, 7) is 3.68. The summed E-state index contributed by atoms with van der Waals surface area (Å²) in [6, 6.07) is 0. The summed E-state index contributed by atoms with van der Waals surface area (Å²) >= 11 is 0. The van der Waals surface area contributed by atoms with Gasteiger partial charge in [-0.25, -0.2) is 0 Å². The number of rotatable bonds is 1. The summed E-state index contributed by atoms with van der Waals surface area (Å²) in [4.78, 5) is 0. The normalized spacial score (nSPS) is 21.0. The van der Waals surface area contributed by atoms with Gasteiger partial charge in [0.15, 0.2) is 0 Å². The van der Waals surface area contributed by atoms with Crippen LogP contribution in [0.1, 0.15) is 12.8 Å². The van der Waals surface area contributed by atoms with Crippen molar-refractivity contribution >= 4 is 15.9 Å². The third kappa shape index (κ3) is 1.48. The molecule has 0 bridgehead atoms. The molecule has 1 aliphatic rings. The Bertz CT molecular complexity index is 106. The van der Waals surface area contributed by atoms with Crippen LogP contribution < -0.4 is 0 Å². The van der Waals surface area contributed by atoms with Crippen LogP contribution >= 0.6 is 10.5 Å². The highest BCUT2D eigenvalue weighted by atomic mass is 32.2. The van der Waals surface area contributed by atoms with E-state index in [0.717, 1.165) is 0 Å². The van der Waals surface area contributed by atoms with Gasteiger partial charge in [0.1, 0.15) is 0 Å². The lowest BCUT2D eigenvalue weighted by molar-refractivity contribution is 0.949. The molecule has 1 heteroatoms. The quantitative estimate of drug-likeness (QED) is 0.374. The molecule has 46 valence electrons. The average Bonchev–Trinajstić information content (AvgIpc) is 2.19. The molecule has 0 N–H and O–H groups in total. The fourth-order valence-corrected chi connectivity index (χ4v) is 2.85. The monoisotopic (exact) mass is 128 g/mol. The van der Waals surface area contributed by atoms with Gasteiger partial charge in [-0.2, -0.15) is 10.5 Å². The Morgan fingerprint density at radius 2 is 1.88 bits per heavy atom. The molecule has 0 atom stereocenters. The van der Waals surface area contributed by atoms with Gasteiger partial charge in [0.05, 0.1) is 0 Å². The highest BCUT2D eigenvalue weighted by molar-refractivity contribution is 8.15. The van der Waals surface area contributed by atoms with Crippen molar-refractivity contribution in [2.24, 2.45) is 0 Å². The minimum atomic E-state index is 0.630. The average molecular weight is 128 g/mol. The number of hydrogen-bond acceptors (Lipinski definition) is 0. The lowest BCUT2D eigenvalue weighted by atomic mass is 10.4. The highest BCUT2D eigenvalue weighted by Gasteiger charge is 2.01. The van der Waals surface area contributed by atoms with Gasteiger partial charge in [-0.05, 0) is 29.7 Å². The second kappa shape index (κ2) is 3.08. The topological polar surface area (TPSA) is 0 Å².